The summed E-state index contributed by atoms with van der Waals surface area (Å²) in [4.78, 5) is 11.4. The molecule has 0 saturated carbocycles. The molecule has 1 aliphatic carbocycles. The summed E-state index contributed by atoms with van der Waals surface area (Å²) in [5.41, 5.74) is 4.08. The zero-order valence-electron chi connectivity index (χ0n) is 9.77. The van der Waals surface area contributed by atoms with Crippen molar-refractivity contribution in [3.63, 3.8) is 0 Å². The molecule has 1 saturated heterocycles. The van der Waals surface area contributed by atoms with Crippen LogP contribution < -0.4 is 0 Å². The maximum absolute atomic E-state index is 5.85. The standard InChI is InChI=1S/C13H17NO2/c1-3-14-15-8-11-7-10-5-4-9(2)6-12(10)13(11)16-14/h4-6,11,13H,3,7-8H2,1-2H3/t11-,13+/m1/s1. The second-order valence-electron chi connectivity index (χ2n) is 4.64. The second kappa shape index (κ2) is 3.84. The molecule has 1 heterocycles. The third kappa shape index (κ3) is 1.56. The minimum absolute atomic E-state index is 0.198. The van der Waals surface area contributed by atoms with E-state index in [0.717, 1.165) is 19.6 Å². The molecule has 16 heavy (non-hydrogen) atoms. The van der Waals surface area contributed by atoms with E-state index in [1.807, 2.05) is 6.92 Å². The predicted molar refractivity (Wildman–Crippen MR) is 60.5 cm³/mol. The Morgan fingerprint density at radius 2 is 2.31 bits per heavy atom. The van der Waals surface area contributed by atoms with Crippen molar-refractivity contribution in [1.29, 1.82) is 0 Å². The van der Waals surface area contributed by atoms with Gasteiger partial charge in [0.1, 0.15) is 6.10 Å². The molecule has 0 bridgehead atoms. The van der Waals surface area contributed by atoms with Gasteiger partial charge in [-0.25, -0.2) is 0 Å². The zero-order valence-corrected chi connectivity index (χ0v) is 9.77. The monoisotopic (exact) mass is 219 g/mol. The van der Waals surface area contributed by atoms with Gasteiger partial charge in [-0.05, 0) is 31.4 Å². The Morgan fingerprint density at radius 3 is 3.12 bits per heavy atom. The lowest BCUT2D eigenvalue weighted by Gasteiger charge is -2.33. The average Bonchev–Trinajstić information content (AvgIpc) is 2.66. The van der Waals surface area contributed by atoms with Crippen LogP contribution in [0.5, 0.6) is 0 Å². The number of hydrogen-bond donors (Lipinski definition) is 0. The number of fused-ring (bicyclic) bond motifs is 3. The summed E-state index contributed by atoms with van der Waals surface area (Å²) in [6.45, 7) is 5.70. The maximum atomic E-state index is 5.85. The first-order chi connectivity index (χ1) is 7.78. The Morgan fingerprint density at radius 1 is 1.44 bits per heavy atom. The van der Waals surface area contributed by atoms with Crippen molar-refractivity contribution in [2.45, 2.75) is 26.4 Å². The van der Waals surface area contributed by atoms with Crippen LogP contribution in [0.3, 0.4) is 0 Å². The van der Waals surface area contributed by atoms with Crippen molar-refractivity contribution in [2.24, 2.45) is 5.92 Å². The van der Waals surface area contributed by atoms with E-state index in [2.05, 4.69) is 25.1 Å². The summed E-state index contributed by atoms with van der Waals surface area (Å²) in [6, 6.07) is 6.65. The van der Waals surface area contributed by atoms with Gasteiger partial charge in [0, 0.05) is 12.5 Å². The molecule has 86 valence electrons. The first-order valence-electron chi connectivity index (χ1n) is 5.94. The van der Waals surface area contributed by atoms with Crippen LogP contribution in [0.15, 0.2) is 18.2 Å². The summed E-state index contributed by atoms with van der Waals surface area (Å²) in [5.74, 6) is 0.486. The molecule has 0 unspecified atom stereocenters. The molecule has 3 nitrogen and oxygen atoms in total. The molecule has 0 aromatic heterocycles. The predicted octanol–water partition coefficient (Wildman–Crippen LogP) is 2.41. The highest BCUT2D eigenvalue weighted by molar-refractivity contribution is 5.38. The van der Waals surface area contributed by atoms with E-state index >= 15 is 0 Å². The van der Waals surface area contributed by atoms with Crippen LogP contribution in [-0.2, 0) is 16.1 Å². The lowest BCUT2D eigenvalue weighted by Crippen LogP contribution is -2.36. The first kappa shape index (κ1) is 10.3. The van der Waals surface area contributed by atoms with Gasteiger partial charge in [-0.15, -0.1) is 0 Å². The van der Waals surface area contributed by atoms with E-state index in [4.69, 9.17) is 9.68 Å². The number of hydrogen-bond acceptors (Lipinski definition) is 3. The van der Waals surface area contributed by atoms with Gasteiger partial charge in [-0.2, -0.15) is 0 Å². The van der Waals surface area contributed by atoms with Crippen molar-refractivity contribution < 1.29 is 9.68 Å². The molecule has 1 aromatic rings. The molecule has 1 aromatic carbocycles. The fraction of sp³-hybridized carbons (Fsp3) is 0.538. The number of hydroxylamine groups is 2. The van der Waals surface area contributed by atoms with Crippen LogP contribution in [0, 0.1) is 12.8 Å². The minimum Gasteiger partial charge on any atom is -0.274 e. The second-order valence-corrected chi connectivity index (χ2v) is 4.64. The molecule has 1 aliphatic heterocycles. The third-order valence-corrected chi connectivity index (χ3v) is 3.44. The van der Waals surface area contributed by atoms with E-state index in [0.29, 0.717) is 5.92 Å². The molecule has 0 radical (unpaired) electrons. The summed E-state index contributed by atoms with van der Waals surface area (Å²) >= 11 is 0. The van der Waals surface area contributed by atoms with E-state index in [1.165, 1.54) is 16.7 Å². The third-order valence-electron chi connectivity index (χ3n) is 3.44. The Kier molecular flexibility index (Phi) is 2.46. The van der Waals surface area contributed by atoms with Gasteiger partial charge in [0.2, 0.25) is 0 Å². The van der Waals surface area contributed by atoms with Crippen LogP contribution in [0.4, 0.5) is 0 Å². The summed E-state index contributed by atoms with van der Waals surface area (Å²) in [7, 11) is 0. The molecular formula is C13H17NO2. The number of aryl methyl sites for hydroxylation is 1. The number of nitrogens with zero attached hydrogens (tertiary/aromatic N) is 1. The fourth-order valence-electron chi connectivity index (χ4n) is 2.60. The first-order valence-corrected chi connectivity index (χ1v) is 5.94. The lowest BCUT2D eigenvalue weighted by atomic mass is 10.0. The van der Waals surface area contributed by atoms with E-state index in [-0.39, 0.29) is 6.10 Å². The Bertz CT molecular complexity index is 405. The van der Waals surface area contributed by atoms with Gasteiger partial charge in [0.15, 0.2) is 0 Å². The number of rotatable bonds is 1. The Balaban J connectivity index is 1.92. The van der Waals surface area contributed by atoms with Crippen LogP contribution >= 0.6 is 0 Å². The van der Waals surface area contributed by atoms with Crippen LogP contribution in [0.2, 0.25) is 0 Å². The highest BCUT2D eigenvalue weighted by Crippen LogP contribution is 2.42. The normalized spacial score (nSPS) is 28.9. The van der Waals surface area contributed by atoms with E-state index in [1.54, 1.807) is 5.23 Å². The van der Waals surface area contributed by atoms with Crippen molar-refractivity contribution in [3.8, 4) is 0 Å². The summed E-state index contributed by atoms with van der Waals surface area (Å²) < 4.78 is 0. The van der Waals surface area contributed by atoms with E-state index in [9.17, 15) is 0 Å². The Labute approximate surface area is 95.9 Å². The Hall–Kier alpha value is -0.900. The minimum atomic E-state index is 0.198. The average molecular weight is 219 g/mol. The topological polar surface area (TPSA) is 21.7 Å². The maximum Gasteiger partial charge on any atom is 0.113 e. The largest absolute Gasteiger partial charge is 0.274 e. The molecule has 2 atom stereocenters. The van der Waals surface area contributed by atoms with Gasteiger partial charge in [0.05, 0.1) is 6.61 Å². The number of benzene rings is 1. The van der Waals surface area contributed by atoms with Gasteiger partial charge >= 0.3 is 0 Å². The van der Waals surface area contributed by atoms with Crippen LogP contribution in [-0.4, -0.2) is 18.4 Å². The van der Waals surface area contributed by atoms with Crippen molar-refractivity contribution in [2.75, 3.05) is 13.2 Å². The SMILES string of the molecule is CCN1OC[C@H]2Cc3ccc(C)cc3[C@H]2O1. The quantitative estimate of drug-likeness (QED) is 0.724. The van der Waals surface area contributed by atoms with Crippen LogP contribution in [0.1, 0.15) is 29.7 Å². The molecule has 2 aliphatic rings. The van der Waals surface area contributed by atoms with Gasteiger partial charge in [0.25, 0.3) is 0 Å². The molecule has 0 N–H and O–H groups in total. The molecule has 1 fully saturated rings. The molecule has 3 heteroatoms. The molecule has 0 spiro atoms. The van der Waals surface area contributed by atoms with Crippen molar-refractivity contribution >= 4 is 0 Å². The van der Waals surface area contributed by atoms with Gasteiger partial charge in [-0.3, -0.25) is 9.68 Å². The highest BCUT2D eigenvalue weighted by atomic mass is 17.0. The molecule has 3 rings (SSSR count). The van der Waals surface area contributed by atoms with Crippen molar-refractivity contribution in [1.82, 2.24) is 5.23 Å². The lowest BCUT2D eigenvalue weighted by molar-refractivity contribution is -0.425. The zero-order chi connectivity index (χ0) is 11.1. The van der Waals surface area contributed by atoms with Crippen LogP contribution in [0.25, 0.3) is 0 Å². The molecule has 0 amide bonds. The summed E-state index contributed by atoms with van der Waals surface area (Å²) in [6.07, 6.45) is 1.28. The van der Waals surface area contributed by atoms with Gasteiger partial charge < -0.3 is 0 Å². The fourth-order valence-corrected chi connectivity index (χ4v) is 2.60. The van der Waals surface area contributed by atoms with E-state index < -0.39 is 0 Å². The van der Waals surface area contributed by atoms with Crippen molar-refractivity contribution in [3.05, 3.63) is 34.9 Å². The molecular weight excluding hydrogens is 202 g/mol. The summed E-state index contributed by atoms with van der Waals surface area (Å²) in [5, 5.41) is 1.61. The van der Waals surface area contributed by atoms with Gasteiger partial charge in [-0.1, -0.05) is 29.0 Å². The smallest absolute Gasteiger partial charge is 0.113 e. The highest BCUT2D eigenvalue weighted by Gasteiger charge is 2.38.